The zero-order valence-corrected chi connectivity index (χ0v) is 14.9. The van der Waals surface area contributed by atoms with Gasteiger partial charge < -0.3 is 19.9 Å². The van der Waals surface area contributed by atoms with Crippen LogP contribution >= 0.6 is 11.6 Å². The SMILES string of the molecule is O=C(O)CCCOc1ccc(CNC(=O)COc2ccc(Cl)cc2)cc1. The molecule has 0 aliphatic carbocycles. The van der Waals surface area contributed by atoms with E-state index in [4.69, 9.17) is 26.2 Å². The first-order valence-corrected chi connectivity index (χ1v) is 8.49. The lowest BCUT2D eigenvalue weighted by Crippen LogP contribution is -2.28. The zero-order chi connectivity index (χ0) is 18.8. The van der Waals surface area contributed by atoms with Gasteiger partial charge in [-0.05, 0) is 48.4 Å². The van der Waals surface area contributed by atoms with Crippen LogP contribution in [-0.4, -0.2) is 30.2 Å². The molecule has 0 aliphatic heterocycles. The Kier molecular flexibility index (Phi) is 7.76. The summed E-state index contributed by atoms with van der Waals surface area (Å²) >= 11 is 5.78. The van der Waals surface area contributed by atoms with E-state index in [9.17, 15) is 9.59 Å². The quantitative estimate of drug-likeness (QED) is 0.621. The van der Waals surface area contributed by atoms with Gasteiger partial charge in [0.2, 0.25) is 0 Å². The maximum Gasteiger partial charge on any atom is 0.303 e. The molecule has 0 unspecified atom stereocenters. The highest BCUT2D eigenvalue weighted by atomic mass is 35.5. The molecule has 0 saturated heterocycles. The summed E-state index contributed by atoms with van der Waals surface area (Å²) in [5.41, 5.74) is 0.919. The minimum atomic E-state index is -0.834. The maximum atomic E-state index is 11.8. The molecular formula is C19H20ClNO5. The Morgan fingerprint density at radius 1 is 0.962 bits per heavy atom. The third kappa shape index (κ3) is 7.44. The molecule has 2 aromatic carbocycles. The summed E-state index contributed by atoms with van der Waals surface area (Å²) in [5.74, 6) is 0.180. The second-order valence-electron chi connectivity index (χ2n) is 5.51. The van der Waals surface area contributed by atoms with E-state index >= 15 is 0 Å². The molecule has 0 saturated carbocycles. The average molecular weight is 378 g/mol. The van der Waals surface area contributed by atoms with Gasteiger partial charge in [0.1, 0.15) is 11.5 Å². The molecule has 1 amide bonds. The number of aliphatic carboxylic acids is 1. The fourth-order valence-corrected chi connectivity index (χ4v) is 2.17. The largest absolute Gasteiger partial charge is 0.494 e. The zero-order valence-electron chi connectivity index (χ0n) is 14.1. The molecule has 0 bridgehead atoms. The van der Waals surface area contributed by atoms with Crippen molar-refractivity contribution in [2.24, 2.45) is 0 Å². The highest BCUT2D eigenvalue weighted by Crippen LogP contribution is 2.15. The van der Waals surface area contributed by atoms with Gasteiger partial charge in [-0.1, -0.05) is 23.7 Å². The van der Waals surface area contributed by atoms with E-state index < -0.39 is 5.97 Å². The highest BCUT2D eigenvalue weighted by Gasteiger charge is 2.04. The Hall–Kier alpha value is -2.73. The molecule has 6 nitrogen and oxygen atoms in total. The number of halogens is 1. The molecule has 2 rings (SSSR count). The fourth-order valence-electron chi connectivity index (χ4n) is 2.05. The van der Waals surface area contributed by atoms with Crippen molar-refractivity contribution < 1.29 is 24.2 Å². The Balaban J connectivity index is 1.67. The van der Waals surface area contributed by atoms with Crippen LogP contribution in [0, 0.1) is 0 Å². The number of carboxylic acids is 1. The summed E-state index contributed by atoms with van der Waals surface area (Å²) < 4.78 is 10.8. The lowest BCUT2D eigenvalue weighted by molar-refractivity contribution is -0.137. The summed E-state index contributed by atoms with van der Waals surface area (Å²) in [4.78, 5) is 22.2. The number of rotatable bonds is 10. The highest BCUT2D eigenvalue weighted by molar-refractivity contribution is 6.30. The Morgan fingerprint density at radius 3 is 2.23 bits per heavy atom. The van der Waals surface area contributed by atoms with Crippen molar-refractivity contribution in [1.29, 1.82) is 0 Å². The molecule has 0 fully saturated rings. The van der Waals surface area contributed by atoms with Gasteiger partial charge in [0.25, 0.3) is 5.91 Å². The van der Waals surface area contributed by atoms with Crippen LogP contribution in [0.2, 0.25) is 5.02 Å². The van der Waals surface area contributed by atoms with E-state index in [-0.39, 0.29) is 18.9 Å². The first-order valence-electron chi connectivity index (χ1n) is 8.11. The van der Waals surface area contributed by atoms with Gasteiger partial charge in [0.15, 0.2) is 6.61 Å². The topological polar surface area (TPSA) is 84.9 Å². The van der Waals surface area contributed by atoms with Gasteiger partial charge in [0.05, 0.1) is 6.61 Å². The third-order valence-electron chi connectivity index (χ3n) is 3.40. The molecule has 0 aromatic heterocycles. The second-order valence-corrected chi connectivity index (χ2v) is 5.95. The maximum absolute atomic E-state index is 11.8. The molecule has 7 heteroatoms. The van der Waals surface area contributed by atoms with Crippen LogP contribution in [0.4, 0.5) is 0 Å². The first-order chi connectivity index (χ1) is 12.5. The molecule has 0 atom stereocenters. The summed E-state index contributed by atoms with van der Waals surface area (Å²) in [6, 6.07) is 14.0. The monoisotopic (exact) mass is 377 g/mol. The van der Waals surface area contributed by atoms with E-state index in [1.807, 2.05) is 12.1 Å². The molecule has 0 aliphatic rings. The van der Waals surface area contributed by atoms with Gasteiger partial charge in [-0.3, -0.25) is 9.59 Å². The van der Waals surface area contributed by atoms with Gasteiger partial charge >= 0.3 is 5.97 Å². The molecule has 0 spiro atoms. The predicted molar refractivity (Wildman–Crippen MR) is 97.6 cm³/mol. The number of hydrogen-bond acceptors (Lipinski definition) is 4. The minimum absolute atomic E-state index is 0.0770. The van der Waals surface area contributed by atoms with Gasteiger partial charge in [-0.25, -0.2) is 0 Å². The number of ether oxygens (including phenoxy) is 2. The van der Waals surface area contributed by atoms with E-state index in [0.29, 0.717) is 36.1 Å². The van der Waals surface area contributed by atoms with Crippen molar-refractivity contribution in [3.05, 3.63) is 59.1 Å². The van der Waals surface area contributed by atoms with Crippen molar-refractivity contribution in [3.63, 3.8) is 0 Å². The van der Waals surface area contributed by atoms with Crippen molar-refractivity contribution in [3.8, 4) is 11.5 Å². The number of amides is 1. The van der Waals surface area contributed by atoms with E-state index in [1.165, 1.54) is 0 Å². The average Bonchev–Trinajstić information content (AvgIpc) is 2.64. The third-order valence-corrected chi connectivity index (χ3v) is 3.65. The Bertz CT molecular complexity index is 716. The lowest BCUT2D eigenvalue weighted by Gasteiger charge is -2.09. The van der Waals surface area contributed by atoms with Crippen molar-refractivity contribution in [2.45, 2.75) is 19.4 Å². The van der Waals surface area contributed by atoms with Gasteiger partial charge in [-0.15, -0.1) is 0 Å². The first kappa shape index (κ1) is 19.6. The van der Waals surface area contributed by atoms with E-state index in [1.54, 1.807) is 36.4 Å². The van der Waals surface area contributed by atoms with E-state index in [2.05, 4.69) is 5.32 Å². The summed E-state index contributed by atoms with van der Waals surface area (Å²) in [6.45, 7) is 0.652. The van der Waals surface area contributed by atoms with Crippen LogP contribution in [0.1, 0.15) is 18.4 Å². The second kappa shape index (κ2) is 10.3. The Labute approximate surface area is 156 Å². The minimum Gasteiger partial charge on any atom is -0.494 e. The Morgan fingerprint density at radius 2 is 1.58 bits per heavy atom. The molecule has 138 valence electrons. The number of nitrogens with one attached hydrogen (secondary N) is 1. The molecule has 2 aromatic rings. The number of carboxylic acid groups (broad SMARTS) is 1. The number of hydrogen-bond donors (Lipinski definition) is 2. The van der Waals surface area contributed by atoms with Crippen LogP contribution < -0.4 is 14.8 Å². The van der Waals surface area contributed by atoms with E-state index in [0.717, 1.165) is 5.56 Å². The standard InChI is InChI=1S/C19H20ClNO5/c20-15-5-9-17(10-6-15)26-13-18(22)21-12-14-3-7-16(8-4-14)25-11-1-2-19(23)24/h3-10H,1-2,11-13H2,(H,21,22)(H,23,24). The lowest BCUT2D eigenvalue weighted by atomic mass is 10.2. The number of benzene rings is 2. The van der Waals surface area contributed by atoms with Crippen molar-refractivity contribution >= 4 is 23.5 Å². The predicted octanol–water partition coefficient (Wildman–Crippen LogP) is 3.28. The van der Waals surface area contributed by atoms with Crippen molar-refractivity contribution in [1.82, 2.24) is 5.32 Å². The fraction of sp³-hybridized carbons (Fsp3) is 0.263. The number of carbonyl (C=O) groups excluding carboxylic acids is 1. The van der Waals surface area contributed by atoms with Crippen LogP contribution in [0.25, 0.3) is 0 Å². The van der Waals surface area contributed by atoms with Crippen LogP contribution in [0.5, 0.6) is 11.5 Å². The van der Waals surface area contributed by atoms with Crippen molar-refractivity contribution in [2.75, 3.05) is 13.2 Å². The molecular weight excluding hydrogens is 358 g/mol. The number of carbonyl (C=O) groups is 2. The summed E-state index contributed by atoms with van der Waals surface area (Å²) in [6.07, 6.45) is 0.545. The van der Waals surface area contributed by atoms with Gasteiger partial charge in [-0.2, -0.15) is 0 Å². The summed E-state index contributed by atoms with van der Waals surface area (Å²) in [5, 5.41) is 11.9. The summed E-state index contributed by atoms with van der Waals surface area (Å²) in [7, 11) is 0. The van der Waals surface area contributed by atoms with Crippen LogP contribution in [0.15, 0.2) is 48.5 Å². The van der Waals surface area contributed by atoms with Crippen LogP contribution in [0.3, 0.4) is 0 Å². The van der Waals surface area contributed by atoms with Crippen LogP contribution in [-0.2, 0) is 16.1 Å². The molecule has 2 N–H and O–H groups in total. The molecule has 26 heavy (non-hydrogen) atoms. The molecule has 0 radical (unpaired) electrons. The normalized spacial score (nSPS) is 10.2. The molecule has 0 heterocycles. The van der Waals surface area contributed by atoms with Gasteiger partial charge in [0, 0.05) is 18.0 Å². The smallest absolute Gasteiger partial charge is 0.303 e.